The summed E-state index contributed by atoms with van der Waals surface area (Å²) in [7, 11) is 3.65. The van der Waals surface area contributed by atoms with E-state index in [1.54, 1.807) is 35.4 Å². The lowest BCUT2D eigenvalue weighted by Crippen LogP contribution is -2.27. The molecule has 0 saturated carbocycles. The SMILES string of the molecule is Cc1nccn1-c1cncc(NCC(c2cccc(C(F)(F)F)c2)N(C)C)n1. The zero-order chi connectivity index (χ0) is 20.3. The van der Waals surface area contributed by atoms with Crippen LogP contribution in [0, 0.1) is 6.92 Å². The number of anilines is 1. The van der Waals surface area contributed by atoms with Crippen molar-refractivity contribution >= 4 is 5.82 Å². The van der Waals surface area contributed by atoms with Crippen molar-refractivity contribution in [2.24, 2.45) is 0 Å². The number of likely N-dealkylation sites (N-methyl/N-ethyl adjacent to an activating group) is 1. The zero-order valence-electron chi connectivity index (χ0n) is 15.8. The van der Waals surface area contributed by atoms with E-state index in [1.807, 2.05) is 25.9 Å². The van der Waals surface area contributed by atoms with Crippen LogP contribution in [0.15, 0.2) is 49.1 Å². The molecule has 0 saturated heterocycles. The molecule has 6 nitrogen and oxygen atoms in total. The molecular weight excluding hydrogens is 369 g/mol. The van der Waals surface area contributed by atoms with Gasteiger partial charge < -0.3 is 10.2 Å². The summed E-state index contributed by atoms with van der Waals surface area (Å²) in [5, 5.41) is 3.17. The second-order valence-electron chi connectivity index (χ2n) is 6.59. The van der Waals surface area contributed by atoms with Crippen LogP contribution in [0.4, 0.5) is 19.0 Å². The van der Waals surface area contributed by atoms with Crippen LogP contribution < -0.4 is 5.32 Å². The van der Waals surface area contributed by atoms with Crippen molar-refractivity contribution in [3.63, 3.8) is 0 Å². The molecule has 1 atom stereocenters. The van der Waals surface area contributed by atoms with Crippen LogP contribution in [0.5, 0.6) is 0 Å². The van der Waals surface area contributed by atoms with Crippen LogP contribution in [0.25, 0.3) is 5.82 Å². The molecule has 0 spiro atoms. The number of halogens is 3. The molecule has 3 aromatic rings. The first-order valence-electron chi connectivity index (χ1n) is 8.65. The van der Waals surface area contributed by atoms with Gasteiger partial charge in [-0.05, 0) is 38.7 Å². The van der Waals surface area contributed by atoms with Gasteiger partial charge in [-0.1, -0.05) is 12.1 Å². The average molecular weight is 390 g/mol. The van der Waals surface area contributed by atoms with Gasteiger partial charge in [-0.25, -0.2) is 9.97 Å². The van der Waals surface area contributed by atoms with Crippen molar-refractivity contribution in [3.8, 4) is 5.82 Å². The highest BCUT2D eigenvalue weighted by atomic mass is 19.4. The van der Waals surface area contributed by atoms with Gasteiger partial charge in [-0.15, -0.1) is 0 Å². The number of nitrogens with one attached hydrogen (secondary N) is 1. The molecule has 0 aliphatic carbocycles. The van der Waals surface area contributed by atoms with Crippen LogP contribution in [-0.4, -0.2) is 45.1 Å². The molecule has 0 amide bonds. The molecular formula is C19H21F3N6. The fourth-order valence-electron chi connectivity index (χ4n) is 2.90. The minimum Gasteiger partial charge on any atom is -0.367 e. The van der Waals surface area contributed by atoms with Gasteiger partial charge >= 0.3 is 6.18 Å². The van der Waals surface area contributed by atoms with Crippen LogP contribution in [-0.2, 0) is 6.18 Å². The van der Waals surface area contributed by atoms with E-state index < -0.39 is 11.7 Å². The fourth-order valence-corrected chi connectivity index (χ4v) is 2.90. The van der Waals surface area contributed by atoms with Crippen molar-refractivity contribution in [2.75, 3.05) is 26.0 Å². The van der Waals surface area contributed by atoms with Gasteiger partial charge in [-0.2, -0.15) is 13.2 Å². The van der Waals surface area contributed by atoms with Gasteiger partial charge in [-0.3, -0.25) is 9.55 Å². The van der Waals surface area contributed by atoms with Crippen molar-refractivity contribution < 1.29 is 13.2 Å². The van der Waals surface area contributed by atoms with Crippen molar-refractivity contribution in [1.82, 2.24) is 24.4 Å². The maximum absolute atomic E-state index is 13.0. The molecule has 28 heavy (non-hydrogen) atoms. The van der Waals surface area contributed by atoms with Crippen molar-refractivity contribution in [2.45, 2.75) is 19.1 Å². The molecule has 1 unspecified atom stereocenters. The summed E-state index contributed by atoms with van der Waals surface area (Å²) in [4.78, 5) is 14.7. The summed E-state index contributed by atoms with van der Waals surface area (Å²) in [6.45, 7) is 2.23. The van der Waals surface area contributed by atoms with Gasteiger partial charge in [0.1, 0.15) is 11.6 Å². The maximum atomic E-state index is 13.0. The number of nitrogens with zero attached hydrogens (tertiary/aromatic N) is 5. The Balaban J connectivity index is 1.79. The van der Waals surface area contributed by atoms with E-state index in [4.69, 9.17) is 0 Å². The first kappa shape index (κ1) is 19.8. The fraction of sp³-hybridized carbons (Fsp3) is 0.316. The van der Waals surface area contributed by atoms with Crippen LogP contribution in [0.1, 0.15) is 23.0 Å². The molecule has 9 heteroatoms. The third kappa shape index (κ3) is 4.48. The maximum Gasteiger partial charge on any atom is 0.416 e. The molecule has 1 aromatic carbocycles. The normalized spacial score (nSPS) is 13.0. The minimum atomic E-state index is -4.37. The Bertz CT molecular complexity index is 935. The molecule has 1 N–H and O–H groups in total. The van der Waals surface area contributed by atoms with E-state index in [0.717, 1.165) is 11.9 Å². The minimum absolute atomic E-state index is 0.275. The topological polar surface area (TPSA) is 58.9 Å². The number of alkyl halides is 3. The lowest BCUT2D eigenvalue weighted by molar-refractivity contribution is -0.137. The number of imidazole rings is 1. The Kier molecular flexibility index (Phi) is 5.64. The molecule has 2 heterocycles. The smallest absolute Gasteiger partial charge is 0.367 e. The van der Waals surface area contributed by atoms with Crippen molar-refractivity contribution in [1.29, 1.82) is 0 Å². The van der Waals surface area contributed by atoms with E-state index in [-0.39, 0.29) is 6.04 Å². The predicted molar refractivity (Wildman–Crippen MR) is 100 cm³/mol. The van der Waals surface area contributed by atoms with Gasteiger partial charge in [0.05, 0.1) is 24.0 Å². The molecule has 2 aromatic heterocycles. The number of benzene rings is 1. The molecule has 0 aliphatic heterocycles. The second kappa shape index (κ2) is 7.97. The van der Waals surface area contributed by atoms with Crippen LogP contribution in [0.3, 0.4) is 0 Å². The first-order valence-corrected chi connectivity index (χ1v) is 8.65. The Morgan fingerprint density at radius 1 is 1.21 bits per heavy atom. The van der Waals surface area contributed by atoms with Gasteiger partial charge in [0, 0.05) is 18.9 Å². The summed E-state index contributed by atoms with van der Waals surface area (Å²) < 4.78 is 40.9. The van der Waals surface area contributed by atoms with E-state index in [0.29, 0.717) is 23.7 Å². The highest BCUT2D eigenvalue weighted by Crippen LogP contribution is 2.31. The van der Waals surface area contributed by atoms with Crippen molar-refractivity contribution in [3.05, 3.63) is 66.0 Å². The lowest BCUT2D eigenvalue weighted by atomic mass is 10.0. The average Bonchev–Trinajstić information content (AvgIpc) is 3.07. The highest BCUT2D eigenvalue weighted by molar-refractivity contribution is 5.38. The van der Waals surface area contributed by atoms with Crippen LogP contribution >= 0.6 is 0 Å². The largest absolute Gasteiger partial charge is 0.416 e. The van der Waals surface area contributed by atoms with Gasteiger partial charge in [0.2, 0.25) is 0 Å². The van der Waals surface area contributed by atoms with Crippen LogP contribution in [0.2, 0.25) is 0 Å². The van der Waals surface area contributed by atoms with E-state index >= 15 is 0 Å². The number of hydrogen-bond acceptors (Lipinski definition) is 5. The Labute approximate surface area is 161 Å². The van der Waals surface area contributed by atoms with Gasteiger partial charge in [0.25, 0.3) is 0 Å². The monoisotopic (exact) mass is 390 g/mol. The number of rotatable bonds is 6. The third-order valence-corrected chi connectivity index (χ3v) is 4.39. The summed E-state index contributed by atoms with van der Waals surface area (Å²) in [6.07, 6.45) is 2.29. The lowest BCUT2D eigenvalue weighted by Gasteiger charge is -2.26. The summed E-state index contributed by atoms with van der Waals surface area (Å²) >= 11 is 0. The van der Waals surface area contributed by atoms with E-state index in [1.165, 1.54) is 12.1 Å². The van der Waals surface area contributed by atoms with E-state index in [2.05, 4.69) is 20.3 Å². The molecule has 3 rings (SSSR count). The molecule has 0 bridgehead atoms. The standard InChI is InChI=1S/C19H21F3N6/c1-13-24-7-8-28(13)18-12-23-11-17(26-18)25-10-16(27(2)3)14-5-4-6-15(9-14)19(20,21)22/h4-9,11-12,16H,10H2,1-3H3,(H,25,26). The molecule has 0 radical (unpaired) electrons. The summed E-state index contributed by atoms with van der Waals surface area (Å²) in [6, 6.07) is 5.10. The predicted octanol–water partition coefficient (Wildman–Crippen LogP) is 3.70. The number of hydrogen-bond donors (Lipinski definition) is 1. The zero-order valence-corrected chi connectivity index (χ0v) is 15.8. The molecule has 148 valence electrons. The summed E-state index contributed by atoms with van der Waals surface area (Å²) in [5.41, 5.74) is -0.0869. The quantitative estimate of drug-likeness (QED) is 0.695. The Morgan fingerprint density at radius 2 is 2.00 bits per heavy atom. The molecule has 0 fully saturated rings. The number of aromatic nitrogens is 4. The Hall–Kier alpha value is -2.94. The Morgan fingerprint density at radius 3 is 2.64 bits per heavy atom. The van der Waals surface area contributed by atoms with E-state index in [9.17, 15) is 13.2 Å². The molecule has 0 aliphatic rings. The second-order valence-corrected chi connectivity index (χ2v) is 6.59. The van der Waals surface area contributed by atoms with Gasteiger partial charge in [0.15, 0.2) is 5.82 Å². The highest BCUT2D eigenvalue weighted by Gasteiger charge is 2.31. The third-order valence-electron chi connectivity index (χ3n) is 4.39. The summed E-state index contributed by atoms with van der Waals surface area (Å²) in [5.74, 6) is 1.92. The number of aryl methyl sites for hydroxylation is 1. The first-order chi connectivity index (χ1) is 13.3.